The second-order valence-corrected chi connectivity index (χ2v) is 8.90. The topological polar surface area (TPSA) is 104 Å². The minimum atomic E-state index is -1.23. The highest BCUT2D eigenvalue weighted by Gasteiger charge is 2.34. The van der Waals surface area contributed by atoms with Crippen LogP contribution in [0.15, 0.2) is 41.6 Å². The summed E-state index contributed by atoms with van der Waals surface area (Å²) in [7, 11) is 3.09. The Bertz CT molecular complexity index is 1260. The number of aromatic nitrogens is 3. The molecule has 0 radical (unpaired) electrons. The summed E-state index contributed by atoms with van der Waals surface area (Å²) in [5, 5.41) is 9.48. The summed E-state index contributed by atoms with van der Waals surface area (Å²) in [6.45, 7) is 6.31. The fourth-order valence-electron chi connectivity index (χ4n) is 4.20. The maximum atomic E-state index is 12.5. The van der Waals surface area contributed by atoms with Crippen LogP contribution in [-0.2, 0) is 6.42 Å². The first-order valence-electron chi connectivity index (χ1n) is 10.2. The average Bonchev–Trinajstić information content (AvgIpc) is 2.76. The van der Waals surface area contributed by atoms with Crippen molar-refractivity contribution in [1.82, 2.24) is 14.5 Å². The number of carboxylic acids is 1. The molecule has 32 heavy (non-hydrogen) atoms. The van der Waals surface area contributed by atoms with Crippen LogP contribution in [0.25, 0.3) is 22.4 Å². The maximum absolute atomic E-state index is 12.5. The van der Waals surface area contributed by atoms with Crippen LogP contribution in [0.3, 0.4) is 0 Å². The quantitative estimate of drug-likeness (QED) is 0.664. The van der Waals surface area contributed by atoms with Crippen LogP contribution in [0.1, 0.15) is 42.7 Å². The van der Waals surface area contributed by atoms with Crippen molar-refractivity contribution >= 4 is 5.97 Å². The van der Waals surface area contributed by atoms with E-state index in [1.54, 1.807) is 19.5 Å². The number of benzene rings is 1. The number of fused-ring (bicyclic) bond motifs is 3. The molecular weight excluding hydrogens is 410 g/mol. The Balaban J connectivity index is 1.96. The Morgan fingerprint density at radius 2 is 1.78 bits per heavy atom. The molecule has 0 aliphatic carbocycles. The van der Waals surface area contributed by atoms with Crippen LogP contribution in [0.4, 0.5) is 0 Å². The van der Waals surface area contributed by atoms with E-state index >= 15 is 0 Å². The molecule has 0 bridgehead atoms. The summed E-state index contributed by atoms with van der Waals surface area (Å²) >= 11 is 0. The zero-order valence-electron chi connectivity index (χ0n) is 18.7. The number of methoxy groups -OCH3 is 2. The van der Waals surface area contributed by atoms with Gasteiger partial charge in [0.15, 0.2) is 5.43 Å². The Kier molecular flexibility index (Phi) is 5.24. The lowest BCUT2D eigenvalue weighted by molar-refractivity contribution is 0.0693. The monoisotopic (exact) mass is 435 g/mol. The molecule has 1 aliphatic heterocycles. The number of nitrogens with zero attached hydrogens (tertiary/aromatic N) is 3. The normalized spacial score (nSPS) is 15.0. The first-order valence-corrected chi connectivity index (χ1v) is 10.2. The van der Waals surface area contributed by atoms with E-state index in [-0.39, 0.29) is 23.0 Å². The van der Waals surface area contributed by atoms with Crippen molar-refractivity contribution in [2.45, 2.75) is 33.2 Å². The Labute approximate surface area is 185 Å². The van der Waals surface area contributed by atoms with Crippen LogP contribution >= 0.6 is 0 Å². The van der Waals surface area contributed by atoms with Crippen molar-refractivity contribution < 1.29 is 19.4 Å². The molecule has 4 rings (SSSR count). The second kappa shape index (κ2) is 7.78. The van der Waals surface area contributed by atoms with Gasteiger partial charge in [-0.15, -0.1) is 0 Å². The van der Waals surface area contributed by atoms with E-state index < -0.39 is 11.4 Å². The molecule has 0 spiro atoms. The van der Waals surface area contributed by atoms with E-state index in [0.717, 1.165) is 22.3 Å². The van der Waals surface area contributed by atoms with Crippen LogP contribution in [0, 0.1) is 5.41 Å². The average molecular weight is 435 g/mol. The van der Waals surface area contributed by atoms with Crippen molar-refractivity contribution in [1.29, 1.82) is 0 Å². The van der Waals surface area contributed by atoms with Crippen LogP contribution in [0.2, 0.25) is 0 Å². The fourth-order valence-corrected chi connectivity index (χ4v) is 4.20. The summed E-state index contributed by atoms with van der Waals surface area (Å²) in [4.78, 5) is 32.5. The summed E-state index contributed by atoms with van der Waals surface area (Å²) in [6.07, 6.45) is 5.49. The molecule has 1 aromatic carbocycles. The number of carbonyl (C=O) groups is 1. The lowest BCUT2D eigenvalue weighted by atomic mass is 9.78. The van der Waals surface area contributed by atoms with Crippen molar-refractivity contribution in [3.8, 4) is 34.1 Å². The minimum absolute atomic E-state index is 0.0444. The predicted molar refractivity (Wildman–Crippen MR) is 119 cm³/mol. The van der Waals surface area contributed by atoms with Crippen molar-refractivity contribution in [2.24, 2.45) is 5.41 Å². The van der Waals surface area contributed by atoms with E-state index in [4.69, 9.17) is 9.47 Å². The Morgan fingerprint density at radius 1 is 1.09 bits per heavy atom. The van der Waals surface area contributed by atoms with Crippen LogP contribution in [0.5, 0.6) is 11.8 Å². The third-order valence-electron chi connectivity index (χ3n) is 5.88. The number of carboxylic acid groups (broad SMARTS) is 1. The smallest absolute Gasteiger partial charge is 0.341 e. The van der Waals surface area contributed by atoms with Gasteiger partial charge in [0.2, 0.25) is 0 Å². The fraction of sp³-hybridized carbons (Fsp3) is 0.333. The first-order chi connectivity index (χ1) is 15.1. The lowest BCUT2D eigenvalue weighted by Crippen LogP contribution is -2.32. The van der Waals surface area contributed by atoms with Gasteiger partial charge in [-0.2, -0.15) is 0 Å². The summed E-state index contributed by atoms with van der Waals surface area (Å²) in [6, 6.07) is 5.57. The van der Waals surface area contributed by atoms with Crippen LogP contribution in [-0.4, -0.2) is 39.8 Å². The third kappa shape index (κ3) is 3.62. The SMILES string of the molecule is COc1ncc(-c2cc3c(cc2OC)-c2cc(=O)c(C(=O)O)cn2C(C(C)(C)C)C3)cn1. The summed E-state index contributed by atoms with van der Waals surface area (Å²) < 4.78 is 12.6. The van der Waals surface area contributed by atoms with E-state index in [1.807, 2.05) is 16.7 Å². The van der Waals surface area contributed by atoms with E-state index in [2.05, 4.69) is 30.7 Å². The molecule has 1 aliphatic rings. The molecule has 0 amide bonds. The third-order valence-corrected chi connectivity index (χ3v) is 5.88. The second-order valence-electron chi connectivity index (χ2n) is 8.90. The van der Waals surface area contributed by atoms with E-state index in [0.29, 0.717) is 17.9 Å². The van der Waals surface area contributed by atoms with Gasteiger partial charge in [0, 0.05) is 47.4 Å². The van der Waals surface area contributed by atoms with Gasteiger partial charge in [0.25, 0.3) is 0 Å². The molecule has 3 aromatic rings. The highest BCUT2D eigenvalue weighted by molar-refractivity contribution is 5.88. The number of hydrogen-bond donors (Lipinski definition) is 1. The van der Waals surface area contributed by atoms with Gasteiger partial charge in [0.05, 0.1) is 19.9 Å². The molecule has 1 unspecified atom stereocenters. The molecule has 3 heterocycles. The molecule has 1 N–H and O–H groups in total. The number of pyridine rings is 1. The molecule has 166 valence electrons. The molecule has 2 aromatic heterocycles. The van der Waals surface area contributed by atoms with Crippen molar-refractivity contribution in [3.05, 3.63) is 58.1 Å². The van der Waals surface area contributed by atoms with Gasteiger partial charge in [-0.1, -0.05) is 20.8 Å². The van der Waals surface area contributed by atoms with E-state index in [9.17, 15) is 14.7 Å². The molecule has 8 heteroatoms. The largest absolute Gasteiger partial charge is 0.496 e. The Morgan fingerprint density at radius 3 is 2.34 bits per heavy atom. The minimum Gasteiger partial charge on any atom is -0.496 e. The zero-order valence-corrected chi connectivity index (χ0v) is 18.7. The first kappa shape index (κ1) is 21.5. The van der Waals surface area contributed by atoms with Gasteiger partial charge in [0.1, 0.15) is 11.3 Å². The van der Waals surface area contributed by atoms with Crippen molar-refractivity contribution in [3.63, 3.8) is 0 Å². The van der Waals surface area contributed by atoms with Crippen LogP contribution < -0.4 is 14.9 Å². The molecular formula is C24H25N3O5. The van der Waals surface area contributed by atoms with Gasteiger partial charge >= 0.3 is 12.0 Å². The van der Waals surface area contributed by atoms with Gasteiger partial charge < -0.3 is 19.1 Å². The standard InChI is InChI=1S/C24H25N3O5/c1-24(2,3)21-7-13-6-16(14-10-25-23(32-5)26-11-14)20(31-4)8-15(13)18-9-19(28)17(22(29)30)12-27(18)21/h6,8-12,21H,7H2,1-5H3,(H,29,30). The summed E-state index contributed by atoms with van der Waals surface area (Å²) in [5.74, 6) is -0.621. The van der Waals surface area contributed by atoms with Gasteiger partial charge in [-0.3, -0.25) is 4.79 Å². The van der Waals surface area contributed by atoms with E-state index in [1.165, 1.54) is 19.4 Å². The molecule has 0 saturated carbocycles. The Hall–Kier alpha value is -3.68. The number of hydrogen-bond acceptors (Lipinski definition) is 6. The van der Waals surface area contributed by atoms with Gasteiger partial charge in [-0.25, -0.2) is 14.8 Å². The molecule has 1 atom stereocenters. The highest BCUT2D eigenvalue weighted by Crippen LogP contribution is 2.45. The lowest BCUT2D eigenvalue weighted by Gasteiger charge is -2.39. The number of aromatic carboxylic acids is 1. The van der Waals surface area contributed by atoms with Gasteiger partial charge in [-0.05, 0) is 29.5 Å². The highest BCUT2D eigenvalue weighted by atomic mass is 16.5. The predicted octanol–water partition coefficient (Wildman–Crippen LogP) is 3.83. The van der Waals surface area contributed by atoms with Crippen molar-refractivity contribution in [2.75, 3.05) is 14.2 Å². The number of ether oxygens (including phenoxy) is 2. The summed E-state index contributed by atoms with van der Waals surface area (Å²) in [5.41, 5.74) is 3.24. The molecule has 8 nitrogen and oxygen atoms in total. The molecule has 0 saturated heterocycles. The number of rotatable bonds is 4. The zero-order chi connectivity index (χ0) is 23.2. The maximum Gasteiger partial charge on any atom is 0.341 e. The molecule has 0 fully saturated rings.